The Bertz CT molecular complexity index is 766. The van der Waals surface area contributed by atoms with Crippen LogP contribution in [0.25, 0.3) is 10.9 Å². The predicted octanol–water partition coefficient (Wildman–Crippen LogP) is 1.73. The van der Waals surface area contributed by atoms with E-state index in [9.17, 15) is 9.59 Å². The zero-order valence-electron chi connectivity index (χ0n) is 13.4. The average molecular weight is 313 g/mol. The molecular weight excluding hydrogens is 290 g/mol. The van der Waals surface area contributed by atoms with Crippen molar-refractivity contribution in [2.75, 3.05) is 6.54 Å². The van der Waals surface area contributed by atoms with E-state index in [4.69, 9.17) is 5.73 Å². The van der Waals surface area contributed by atoms with Crippen molar-refractivity contribution in [3.63, 3.8) is 0 Å². The molecule has 122 valence electrons. The molecule has 2 aromatic rings. The largest absolute Gasteiger partial charge is 0.338 e. The highest BCUT2D eigenvalue weighted by Crippen LogP contribution is 2.20. The molecule has 0 radical (unpaired) electrons. The summed E-state index contributed by atoms with van der Waals surface area (Å²) in [6.45, 7) is 2.97. The van der Waals surface area contributed by atoms with E-state index in [1.165, 1.54) is 6.07 Å². The van der Waals surface area contributed by atoms with Gasteiger partial charge in [-0.2, -0.15) is 0 Å². The van der Waals surface area contributed by atoms with E-state index in [0.29, 0.717) is 5.39 Å². The SMILES string of the molecule is CC(N)C1CCCCN1C(=O)Cn1ccc(=O)c2ccccc21. The van der Waals surface area contributed by atoms with E-state index in [1.54, 1.807) is 12.3 Å². The van der Waals surface area contributed by atoms with Crippen LogP contribution in [0.1, 0.15) is 26.2 Å². The number of carbonyl (C=O) groups is 1. The highest BCUT2D eigenvalue weighted by Gasteiger charge is 2.29. The topological polar surface area (TPSA) is 68.3 Å². The van der Waals surface area contributed by atoms with Crippen molar-refractivity contribution in [1.82, 2.24) is 9.47 Å². The molecule has 3 rings (SSSR count). The van der Waals surface area contributed by atoms with Gasteiger partial charge in [0.05, 0.1) is 5.52 Å². The molecule has 0 aliphatic carbocycles. The van der Waals surface area contributed by atoms with Crippen LogP contribution < -0.4 is 11.2 Å². The summed E-state index contributed by atoms with van der Waals surface area (Å²) in [7, 11) is 0. The molecule has 23 heavy (non-hydrogen) atoms. The van der Waals surface area contributed by atoms with Gasteiger partial charge in [-0.05, 0) is 38.3 Å². The number of nitrogens with zero attached hydrogens (tertiary/aromatic N) is 2. The molecule has 2 atom stereocenters. The van der Waals surface area contributed by atoms with Gasteiger partial charge >= 0.3 is 0 Å². The monoisotopic (exact) mass is 313 g/mol. The van der Waals surface area contributed by atoms with Gasteiger partial charge < -0.3 is 15.2 Å². The number of carbonyl (C=O) groups excluding carboxylic acids is 1. The number of hydrogen-bond acceptors (Lipinski definition) is 3. The Labute approximate surface area is 135 Å². The number of rotatable bonds is 3. The lowest BCUT2D eigenvalue weighted by atomic mass is 9.97. The number of nitrogens with two attached hydrogens (primary N) is 1. The Balaban J connectivity index is 1.88. The Morgan fingerprint density at radius 1 is 1.30 bits per heavy atom. The first-order valence-electron chi connectivity index (χ1n) is 8.21. The molecular formula is C18H23N3O2. The van der Waals surface area contributed by atoms with Crippen LogP contribution in [0.4, 0.5) is 0 Å². The van der Waals surface area contributed by atoms with Crippen LogP contribution in [0.2, 0.25) is 0 Å². The second-order valence-corrected chi connectivity index (χ2v) is 6.33. The average Bonchev–Trinajstić information content (AvgIpc) is 2.57. The molecule has 1 amide bonds. The minimum absolute atomic E-state index is 0.0178. The van der Waals surface area contributed by atoms with Crippen LogP contribution in [0.5, 0.6) is 0 Å². The summed E-state index contributed by atoms with van der Waals surface area (Å²) in [5.74, 6) is 0.0702. The van der Waals surface area contributed by atoms with Crippen molar-refractivity contribution in [3.05, 3.63) is 46.8 Å². The van der Waals surface area contributed by atoms with E-state index in [-0.39, 0.29) is 30.0 Å². The van der Waals surface area contributed by atoms with Crippen molar-refractivity contribution in [3.8, 4) is 0 Å². The normalized spacial score (nSPS) is 19.7. The lowest BCUT2D eigenvalue weighted by Crippen LogP contribution is -2.52. The second kappa shape index (κ2) is 6.54. The molecule has 2 N–H and O–H groups in total. The number of fused-ring (bicyclic) bond motifs is 1. The molecule has 0 saturated carbocycles. The molecule has 5 nitrogen and oxygen atoms in total. The first kappa shape index (κ1) is 15.7. The van der Waals surface area contributed by atoms with Gasteiger partial charge in [0.25, 0.3) is 0 Å². The van der Waals surface area contributed by atoms with Crippen LogP contribution in [-0.4, -0.2) is 34.0 Å². The Kier molecular flexibility index (Phi) is 4.48. The van der Waals surface area contributed by atoms with Crippen LogP contribution in [0.3, 0.4) is 0 Å². The number of pyridine rings is 1. The number of benzene rings is 1. The number of likely N-dealkylation sites (tertiary alicyclic amines) is 1. The molecule has 2 unspecified atom stereocenters. The summed E-state index contributed by atoms with van der Waals surface area (Å²) in [6.07, 6.45) is 4.82. The fourth-order valence-electron chi connectivity index (χ4n) is 3.45. The van der Waals surface area contributed by atoms with Crippen LogP contribution >= 0.6 is 0 Å². The quantitative estimate of drug-likeness (QED) is 0.938. The number of piperidine rings is 1. The molecule has 2 heterocycles. The smallest absolute Gasteiger partial charge is 0.242 e. The lowest BCUT2D eigenvalue weighted by Gasteiger charge is -2.38. The van der Waals surface area contributed by atoms with E-state index in [1.807, 2.05) is 34.6 Å². The first-order valence-corrected chi connectivity index (χ1v) is 8.21. The molecule has 5 heteroatoms. The van der Waals surface area contributed by atoms with Gasteiger partial charge in [-0.15, -0.1) is 0 Å². The Hall–Kier alpha value is -2.14. The van der Waals surface area contributed by atoms with Crippen molar-refractivity contribution in [2.45, 2.75) is 44.8 Å². The summed E-state index contributed by atoms with van der Waals surface area (Å²) in [5.41, 5.74) is 6.83. The number of aromatic nitrogens is 1. The second-order valence-electron chi connectivity index (χ2n) is 6.33. The number of hydrogen-bond donors (Lipinski definition) is 1. The highest BCUT2D eigenvalue weighted by molar-refractivity contribution is 5.82. The van der Waals surface area contributed by atoms with Gasteiger partial charge in [-0.25, -0.2) is 0 Å². The van der Waals surface area contributed by atoms with Gasteiger partial charge in [-0.3, -0.25) is 9.59 Å². The van der Waals surface area contributed by atoms with Gasteiger partial charge in [0.15, 0.2) is 5.43 Å². The molecule has 1 aromatic heterocycles. The first-order chi connectivity index (χ1) is 11.1. The van der Waals surface area contributed by atoms with Crippen LogP contribution in [-0.2, 0) is 11.3 Å². The Morgan fingerprint density at radius 3 is 2.87 bits per heavy atom. The van der Waals surface area contributed by atoms with Crippen LogP contribution in [0, 0.1) is 0 Å². The zero-order valence-corrected chi connectivity index (χ0v) is 13.4. The van der Waals surface area contributed by atoms with E-state index in [0.717, 1.165) is 31.3 Å². The minimum Gasteiger partial charge on any atom is -0.338 e. The van der Waals surface area contributed by atoms with Crippen molar-refractivity contribution in [2.24, 2.45) is 5.73 Å². The molecule has 0 bridgehead atoms. The Morgan fingerprint density at radius 2 is 2.09 bits per heavy atom. The highest BCUT2D eigenvalue weighted by atomic mass is 16.2. The van der Waals surface area contributed by atoms with E-state index < -0.39 is 0 Å². The maximum Gasteiger partial charge on any atom is 0.242 e. The predicted molar refractivity (Wildman–Crippen MR) is 91.2 cm³/mol. The van der Waals surface area contributed by atoms with Gasteiger partial charge in [0, 0.05) is 36.3 Å². The molecule has 0 spiro atoms. The van der Waals surface area contributed by atoms with Crippen LogP contribution in [0.15, 0.2) is 41.3 Å². The summed E-state index contributed by atoms with van der Waals surface area (Å²) >= 11 is 0. The van der Waals surface area contributed by atoms with Gasteiger partial charge in [0.2, 0.25) is 5.91 Å². The zero-order chi connectivity index (χ0) is 16.4. The molecule has 1 aliphatic rings. The summed E-state index contributed by atoms with van der Waals surface area (Å²) in [6, 6.07) is 9.01. The summed E-state index contributed by atoms with van der Waals surface area (Å²) in [4.78, 5) is 26.6. The molecule has 1 aliphatic heterocycles. The van der Waals surface area contributed by atoms with Crippen molar-refractivity contribution < 1.29 is 4.79 Å². The third kappa shape index (κ3) is 3.15. The number of para-hydroxylation sites is 1. The maximum atomic E-state index is 12.8. The lowest BCUT2D eigenvalue weighted by molar-refractivity contribution is -0.135. The van der Waals surface area contributed by atoms with Crippen molar-refractivity contribution >= 4 is 16.8 Å². The van der Waals surface area contributed by atoms with Gasteiger partial charge in [-0.1, -0.05) is 12.1 Å². The van der Waals surface area contributed by atoms with Gasteiger partial charge in [0.1, 0.15) is 6.54 Å². The fraction of sp³-hybridized carbons (Fsp3) is 0.444. The third-order valence-corrected chi connectivity index (χ3v) is 4.67. The van der Waals surface area contributed by atoms with E-state index in [2.05, 4.69) is 0 Å². The minimum atomic E-state index is -0.0231. The standard InChI is InChI=1S/C18H23N3O2/c1-13(19)15-7-4-5-10-21(15)18(23)12-20-11-9-17(22)14-6-2-3-8-16(14)20/h2-3,6,8-9,11,13,15H,4-5,7,10,12,19H2,1H3. The molecule has 1 aromatic carbocycles. The molecule has 1 fully saturated rings. The maximum absolute atomic E-state index is 12.8. The van der Waals surface area contributed by atoms with Crippen molar-refractivity contribution in [1.29, 1.82) is 0 Å². The summed E-state index contributed by atoms with van der Waals surface area (Å²) in [5, 5.41) is 0.644. The summed E-state index contributed by atoms with van der Waals surface area (Å²) < 4.78 is 1.85. The number of amides is 1. The van der Waals surface area contributed by atoms with E-state index >= 15 is 0 Å². The molecule has 1 saturated heterocycles. The fourth-order valence-corrected chi connectivity index (χ4v) is 3.45. The third-order valence-electron chi connectivity index (χ3n) is 4.67.